The monoisotopic (exact) mass is 521 g/mol. The second-order valence-electron chi connectivity index (χ2n) is 11.5. The summed E-state index contributed by atoms with van der Waals surface area (Å²) >= 11 is 0. The number of nitrogens with zero attached hydrogens (tertiary/aromatic N) is 3. The van der Waals surface area contributed by atoms with E-state index in [0.29, 0.717) is 39.4 Å². The maximum atomic E-state index is 13.4. The van der Waals surface area contributed by atoms with Gasteiger partial charge in [-0.3, -0.25) is 9.69 Å². The fraction of sp³-hybridized carbons (Fsp3) is 0.533. The highest BCUT2D eigenvalue weighted by atomic mass is 16.7. The number of fused-ring (bicyclic) bond motifs is 1. The van der Waals surface area contributed by atoms with Gasteiger partial charge in [-0.05, 0) is 31.9 Å². The predicted molar refractivity (Wildman–Crippen MR) is 144 cm³/mol. The van der Waals surface area contributed by atoms with Gasteiger partial charge in [0.15, 0.2) is 0 Å². The Morgan fingerprint density at radius 3 is 2.00 bits per heavy atom. The van der Waals surface area contributed by atoms with Crippen LogP contribution in [-0.2, 0) is 19.0 Å². The number of hydrogen-bond acceptors (Lipinski definition) is 6. The third kappa shape index (κ3) is 6.03. The molecule has 8 heteroatoms. The Labute approximate surface area is 225 Å². The first kappa shape index (κ1) is 26.7. The van der Waals surface area contributed by atoms with Gasteiger partial charge in [0.2, 0.25) is 5.91 Å². The molecular weight excluding hydrogens is 482 g/mol. The Morgan fingerprint density at radius 2 is 1.42 bits per heavy atom. The van der Waals surface area contributed by atoms with Crippen LogP contribution >= 0.6 is 0 Å². The van der Waals surface area contributed by atoms with Crippen LogP contribution in [0.2, 0.25) is 0 Å². The van der Waals surface area contributed by atoms with E-state index in [1.807, 2.05) is 42.7 Å². The van der Waals surface area contributed by atoms with E-state index in [4.69, 9.17) is 14.2 Å². The van der Waals surface area contributed by atoms with Crippen molar-refractivity contribution in [3.8, 4) is 0 Å². The molecule has 3 saturated heterocycles. The molecule has 3 aliphatic heterocycles. The number of carbonyl (C=O) groups is 2. The summed E-state index contributed by atoms with van der Waals surface area (Å²) in [6.07, 6.45) is -0.306. The minimum atomic E-state index is -0.586. The van der Waals surface area contributed by atoms with Gasteiger partial charge in [0.25, 0.3) is 0 Å². The highest BCUT2D eigenvalue weighted by Crippen LogP contribution is 2.36. The molecular formula is C30H39N3O5. The standard InChI is InChI=1S/C30H39N3O5/c1-30(2,3)38-29(35)32-17-25-16-31(28(34)24-19-36-21-37-20-24)14-15-33(25)26(18-32)27(22-10-6-4-7-11-22)23-12-8-5-9-13-23/h4-13,24-27H,14-21H2,1-3H3/t25-,26-/m0/s1. The molecule has 2 atom stereocenters. The summed E-state index contributed by atoms with van der Waals surface area (Å²) in [6.45, 7) is 9.72. The minimum Gasteiger partial charge on any atom is -0.444 e. The molecule has 0 N–H and O–H groups in total. The van der Waals surface area contributed by atoms with Gasteiger partial charge in [-0.1, -0.05) is 60.7 Å². The molecule has 38 heavy (non-hydrogen) atoms. The zero-order valence-corrected chi connectivity index (χ0v) is 22.6. The average Bonchev–Trinajstić information content (AvgIpc) is 2.93. The number of amides is 2. The first-order chi connectivity index (χ1) is 18.3. The summed E-state index contributed by atoms with van der Waals surface area (Å²) in [5.41, 5.74) is 1.84. The Hall–Kier alpha value is -2.94. The fourth-order valence-corrected chi connectivity index (χ4v) is 5.95. The maximum Gasteiger partial charge on any atom is 0.410 e. The van der Waals surface area contributed by atoms with E-state index in [0.717, 1.165) is 6.54 Å². The number of rotatable bonds is 4. The van der Waals surface area contributed by atoms with E-state index in [9.17, 15) is 9.59 Å². The number of ether oxygens (including phenoxy) is 3. The predicted octanol–water partition coefficient (Wildman–Crippen LogP) is 3.57. The van der Waals surface area contributed by atoms with Crippen LogP contribution in [0.15, 0.2) is 60.7 Å². The molecule has 0 radical (unpaired) electrons. The van der Waals surface area contributed by atoms with Crippen LogP contribution in [0.5, 0.6) is 0 Å². The van der Waals surface area contributed by atoms with Crippen molar-refractivity contribution >= 4 is 12.0 Å². The van der Waals surface area contributed by atoms with Crippen LogP contribution in [-0.4, -0.2) is 97.1 Å². The summed E-state index contributed by atoms with van der Waals surface area (Å²) in [5.74, 6) is -0.150. The van der Waals surface area contributed by atoms with Gasteiger partial charge in [-0.15, -0.1) is 0 Å². The smallest absolute Gasteiger partial charge is 0.410 e. The number of carbonyl (C=O) groups excluding carboxylic acids is 2. The van der Waals surface area contributed by atoms with Crippen molar-refractivity contribution in [1.29, 1.82) is 0 Å². The molecule has 5 rings (SSSR count). The molecule has 2 amide bonds. The summed E-state index contributed by atoms with van der Waals surface area (Å²) < 4.78 is 16.6. The van der Waals surface area contributed by atoms with E-state index in [2.05, 4.69) is 53.4 Å². The van der Waals surface area contributed by atoms with Crippen molar-refractivity contribution in [3.05, 3.63) is 71.8 Å². The summed E-state index contributed by atoms with van der Waals surface area (Å²) in [7, 11) is 0. The van der Waals surface area contributed by atoms with Crippen LogP contribution in [0.25, 0.3) is 0 Å². The third-order valence-electron chi connectivity index (χ3n) is 7.61. The van der Waals surface area contributed by atoms with Crippen LogP contribution < -0.4 is 0 Å². The first-order valence-electron chi connectivity index (χ1n) is 13.6. The average molecular weight is 522 g/mol. The van der Waals surface area contributed by atoms with Crippen molar-refractivity contribution in [1.82, 2.24) is 14.7 Å². The lowest BCUT2D eigenvalue weighted by Gasteiger charge is -2.53. The maximum absolute atomic E-state index is 13.4. The second kappa shape index (κ2) is 11.4. The van der Waals surface area contributed by atoms with Crippen molar-refractivity contribution in [2.24, 2.45) is 5.92 Å². The molecule has 0 saturated carbocycles. The van der Waals surface area contributed by atoms with Gasteiger partial charge in [0, 0.05) is 50.7 Å². The van der Waals surface area contributed by atoms with Gasteiger partial charge >= 0.3 is 6.09 Å². The Kier molecular flexibility index (Phi) is 8.02. The molecule has 2 aromatic carbocycles. The van der Waals surface area contributed by atoms with E-state index in [-0.39, 0.29) is 42.7 Å². The molecule has 0 spiro atoms. The largest absolute Gasteiger partial charge is 0.444 e. The van der Waals surface area contributed by atoms with Crippen molar-refractivity contribution in [2.75, 3.05) is 52.7 Å². The molecule has 0 bridgehead atoms. The molecule has 0 aromatic heterocycles. The second-order valence-corrected chi connectivity index (χ2v) is 11.5. The molecule has 3 aliphatic rings. The molecule has 2 aromatic rings. The summed E-state index contributed by atoms with van der Waals surface area (Å²) in [6, 6.07) is 21.1. The first-order valence-corrected chi connectivity index (χ1v) is 13.6. The zero-order chi connectivity index (χ0) is 26.7. The third-order valence-corrected chi connectivity index (χ3v) is 7.61. The number of hydrogen-bond donors (Lipinski definition) is 0. The summed E-state index contributed by atoms with van der Waals surface area (Å²) in [4.78, 5) is 33.0. The molecule has 0 unspecified atom stereocenters. The van der Waals surface area contributed by atoms with Crippen LogP contribution in [0.3, 0.4) is 0 Å². The lowest BCUT2D eigenvalue weighted by atomic mass is 9.81. The van der Waals surface area contributed by atoms with Crippen molar-refractivity contribution in [3.63, 3.8) is 0 Å². The van der Waals surface area contributed by atoms with Gasteiger partial charge in [-0.25, -0.2) is 4.79 Å². The van der Waals surface area contributed by atoms with Crippen LogP contribution in [0, 0.1) is 5.92 Å². The van der Waals surface area contributed by atoms with E-state index >= 15 is 0 Å². The summed E-state index contributed by atoms with van der Waals surface area (Å²) in [5, 5.41) is 0. The highest BCUT2D eigenvalue weighted by Gasteiger charge is 2.45. The molecule has 3 heterocycles. The topological polar surface area (TPSA) is 71.5 Å². The Morgan fingerprint density at radius 1 is 0.842 bits per heavy atom. The van der Waals surface area contributed by atoms with Gasteiger partial charge < -0.3 is 24.0 Å². The molecule has 8 nitrogen and oxygen atoms in total. The van der Waals surface area contributed by atoms with E-state index in [1.54, 1.807) is 0 Å². The van der Waals surface area contributed by atoms with E-state index in [1.165, 1.54) is 11.1 Å². The minimum absolute atomic E-state index is 0.000629. The Balaban J connectivity index is 1.46. The highest BCUT2D eigenvalue weighted by molar-refractivity contribution is 5.79. The fourth-order valence-electron chi connectivity index (χ4n) is 5.95. The lowest BCUT2D eigenvalue weighted by molar-refractivity contribution is -0.164. The van der Waals surface area contributed by atoms with Crippen molar-refractivity contribution < 1.29 is 23.8 Å². The SMILES string of the molecule is CC(C)(C)OC(=O)N1C[C@@H]2CN(C(=O)C3COCOC3)CCN2[C@H](C(c2ccccc2)c2ccccc2)C1. The molecule has 3 fully saturated rings. The van der Waals surface area contributed by atoms with E-state index < -0.39 is 5.60 Å². The number of benzene rings is 2. The number of piperazine rings is 2. The Bertz CT molecular complexity index is 1040. The lowest BCUT2D eigenvalue weighted by Crippen LogP contribution is -2.68. The van der Waals surface area contributed by atoms with Gasteiger partial charge in [0.05, 0.1) is 19.1 Å². The molecule has 204 valence electrons. The van der Waals surface area contributed by atoms with Crippen LogP contribution in [0.1, 0.15) is 37.8 Å². The van der Waals surface area contributed by atoms with Crippen LogP contribution in [0.4, 0.5) is 4.79 Å². The molecule has 0 aliphatic carbocycles. The quantitative estimate of drug-likeness (QED) is 0.613. The van der Waals surface area contributed by atoms with Gasteiger partial charge in [0.1, 0.15) is 12.4 Å². The van der Waals surface area contributed by atoms with Gasteiger partial charge in [-0.2, -0.15) is 0 Å². The normalized spacial score (nSPS) is 23.3. The zero-order valence-electron chi connectivity index (χ0n) is 22.6. The van der Waals surface area contributed by atoms with Crippen molar-refractivity contribution in [2.45, 2.75) is 44.4 Å².